The smallest absolute Gasteiger partial charge is 0.294 e. The molecule has 2 heterocycles. The maximum atomic E-state index is 12.2. The monoisotopic (exact) mass is 263 g/mol. The lowest BCUT2D eigenvalue weighted by atomic mass is 10.3. The molecule has 1 aromatic heterocycles. The zero-order valence-electron chi connectivity index (χ0n) is 11.3. The lowest BCUT2D eigenvalue weighted by molar-refractivity contribution is -0.135. The minimum absolute atomic E-state index is 0.175. The molecule has 2 amide bonds. The summed E-state index contributed by atoms with van der Waals surface area (Å²) in [5, 5.41) is 6.58. The van der Waals surface area contributed by atoms with Crippen LogP contribution < -0.4 is 0 Å². The predicted octanol–water partition coefficient (Wildman–Crippen LogP) is 1.54. The first-order valence-electron chi connectivity index (χ1n) is 6.20. The third-order valence-corrected chi connectivity index (χ3v) is 2.78. The normalized spacial score (nSPS) is 14.7. The number of aryl methyl sites for hydroxylation is 1. The maximum Gasteiger partial charge on any atom is 0.294 e. The molecule has 102 valence electrons. The minimum atomic E-state index is -0.301. The summed E-state index contributed by atoms with van der Waals surface area (Å²) in [5.41, 5.74) is 1.14. The highest BCUT2D eigenvalue weighted by atomic mass is 16.5. The van der Waals surface area contributed by atoms with Crippen LogP contribution in [0.15, 0.2) is 22.2 Å². The van der Waals surface area contributed by atoms with Crippen LogP contribution in [0.2, 0.25) is 0 Å². The van der Waals surface area contributed by atoms with Gasteiger partial charge < -0.3 is 4.52 Å². The molecular formula is C13H17N3O3. The quantitative estimate of drug-likeness (QED) is 0.759. The molecule has 2 rings (SSSR count). The average Bonchev–Trinajstić information content (AvgIpc) is 2.95. The van der Waals surface area contributed by atoms with Crippen LogP contribution in [-0.4, -0.2) is 40.1 Å². The van der Waals surface area contributed by atoms with Crippen molar-refractivity contribution in [3.05, 3.63) is 29.2 Å². The molecule has 1 aromatic rings. The average molecular weight is 263 g/mol. The van der Waals surface area contributed by atoms with Gasteiger partial charge in [-0.25, -0.2) is 10.0 Å². The Morgan fingerprint density at radius 1 is 1.32 bits per heavy atom. The van der Waals surface area contributed by atoms with Gasteiger partial charge in [-0.05, 0) is 27.2 Å². The first kappa shape index (κ1) is 13.3. The first-order valence-corrected chi connectivity index (χ1v) is 6.20. The summed E-state index contributed by atoms with van der Waals surface area (Å²) >= 11 is 0. The van der Waals surface area contributed by atoms with Gasteiger partial charge in [-0.1, -0.05) is 10.7 Å². The van der Waals surface area contributed by atoms with Gasteiger partial charge in [0.25, 0.3) is 11.8 Å². The van der Waals surface area contributed by atoms with Crippen molar-refractivity contribution in [1.82, 2.24) is 15.2 Å². The van der Waals surface area contributed by atoms with Gasteiger partial charge in [0.2, 0.25) is 0 Å². The van der Waals surface area contributed by atoms with Crippen LogP contribution in [0.3, 0.4) is 0 Å². The van der Waals surface area contributed by atoms with E-state index in [0.29, 0.717) is 18.8 Å². The van der Waals surface area contributed by atoms with Gasteiger partial charge in [0.1, 0.15) is 5.76 Å². The number of allylic oxidation sites excluding steroid dienone is 1. The molecule has 6 heteroatoms. The topological polar surface area (TPSA) is 66.7 Å². The highest BCUT2D eigenvalue weighted by molar-refractivity contribution is 5.96. The number of hydrogen-bond donors (Lipinski definition) is 0. The standard InChI is InChI=1S/C13H17N3O3/c1-9(2)7-12(17)15-5-4-6-16(15)13(18)11-8-10(3)19-14-11/h7-8H,4-6H2,1-3H3. The van der Waals surface area contributed by atoms with Crippen molar-refractivity contribution in [3.8, 4) is 0 Å². The Balaban J connectivity index is 2.17. The molecular weight excluding hydrogens is 246 g/mol. The second kappa shape index (κ2) is 5.26. The fourth-order valence-corrected chi connectivity index (χ4v) is 1.97. The van der Waals surface area contributed by atoms with Crippen molar-refractivity contribution in [1.29, 1.82) is 0 Å². The van der Waals surface area contributed by atoms with Gasteiger partial charge in [-0.3, -0.25) is 9.59 Å². The fraction of sp³-hybridized carbons (Fsp3) is 0.462. The van der Waals surface area contributed by atoms with Crippen LogP contribution in [0.5, 0.6) is 0 Å². The Kier molecular flexibility index (Phi) is 3.69. The molecule has 19 heavy (non-hydrogen) atoms. The summed E-state index contributed by atoms with van der Waals surface area (Å²) in [6, 6.07) is 1.57. The number of amides is 2. The number of hydrazine groups is 1. The number of carbonyl (C=O) groups is 2. The zero-order chi connectivity index (χ0) is 14.0. The predicted molar refractivity (Wildman–Crippen MR) is 68.0 cm³/mol. The van der Waals surface area contributed by atoms with E-state index < -0.39 is 0 Å². The van der Waals surface area contributed by atoms with Crippen LogP contribution in [0.1, 0.15) is 36.5 Å². The summed E-state index contributed by atoms with van der Waals surface area (Å²) in [4.78, 5) is 24.3. The maximum absolute atomic E-state index is 12.2. The molecule has 0 unspecified atom stereocenters. The van der Waals surface area contributed by atoms with Gasteiger partial charge in [0.15, 0.2) is 5.69 Å². The highest BCUT2D eigenvalue weighted by Gasteiger charge is 2.31. The van der Waals surface area contributed by atoms with Crippen LogP contribution in [0, 0.1) is 6.92 Å². The fourth-order valence-electron chi connectivity index (χ4n) is 1.97. The zero-order valence-corrected chi connectivity index (χ0v) is 11.3. The van der Waals surface area contributed by atoms with E-state index in [9.17, 15) is 9.59 Å². The molecule has 0 atom stereocenters. The summed E-state index contributed by atoms with van der Waals surface area (Å²) in [6.07, 6.45) is 2.30. The van der Waals surface area contributed by atoms with Gasteiger partial charge >= 0.3 is 0 Å². The van der Waals surface area contributed by atoms with Gasteiger partial charge in [0.05, 0.1) is 0 Å². The number of carbonyl (C=O) groups excluding carboxylic acids is 2. The molecule has 0 aromatic carbocycles. The van der Waals surface area contributed by atoms with Crippen molar-refractivity contribution in [2.45, 2.75) is 27.2 Å². The Labute approximate surface area is 111 Å². The molecule has 0 N–H and O–H groups in total. The summed E-state index contributed by atoms with van der Waals surface area (Å²) in [6.45, 7) is 6.49. The highest BCUT2D eigenvalue weighted by Crippen LogP contribution is 2.16. The number of nitrogens with zero attached hydrogens (tertiary/aromatic N) is 3. The molecule has 1 fully saturated rings. The third-order valence-electron chi connectivity index (χ3n) is 2.78. The number of hydrogen-bond acceptors (Lipinski definition) is 4. The molecule has 1 saturated heterocycles. The lowest BCUT2D eigenvalue weighted by Gasteiger charge is -2.26. The minimum Gasteiger partial charge on any atom is -0.361 e. The SMILES string of the molecule is CC(C)=CC(=O)N1CCCN1C(=O)c1cc(C)on1. The van der Waals surface area contributed by atoms with Crippen LogP contribution in [-0.2, 0) is 4.79 Å². The van der Waals surface area contributed by atoms with Crippen molar-refractivity contribution in [2.75, 3.05) is 13.1 Å². The molecule has 0 bridgehead atoms. The Hall–Kier alpha value is -2.11. The van der Waals surface area contributed by atoms with Gasteiger partial charge in [-0.2, -0.15) is 0 Å². The van der Waals surface area contributed by atoms with E-state index in [1.165, 1.54) is 16.1 Å². The molecule has 6 nitrogen and oxygen atoms in total. The van der Waals surface area contributed by atoms with E-state index in [1.807, 2.05) is 13.8 Å². The van der Waals surface area contributed by atoms with Gasteiger partial charge in [0, 0.05) is 25.2 Å². The molecule has 0 aliphatic carbocycles. The van der Waals surface area contributed by atoms with E-state index in [0.717, 1.165) is 12.0 Å². The molecule has 0 spiro atoms. The number of aromatic nitrogens is 1. The van der Waals surface area contributed by atoms with Crippen LogP contribution in [0.25, 0.3) is 0 Å². The van der Waals surface area contributed by atoms with Crippen molar-refractivity contribution in [2.24, 2.45) is 0 Å². The van der Waals surface area contributed by atoms with E-state index >= 15 is 0 Å². The third kappa shape index (κ3) is 2.83. The van der Waals surface area contributed by atoms with E-state index in [1.54, 1.807) is 13.0 Å². The summed E-state index contributed by atoms with van der Waals surface area (Å²) in [5.74, 6) is 0.0978. The van der Waals surface area contributed by atoms with Crippen LogP contribution >= 0.6 is 0 Å². The first-order chi connectivity index (χ1) is 8.99. The summed E-state index contributed by atoms with van der Waals surface area (Å²) < 4.78 is 4.89. The Morgan fingerprint density at radius 2 is 2.00 bits per heavy atom. The van der Waals surface area contributed by atoms with Gasteiger partial charge in [-0.15, -0.1) is 0 Å². The van der Waals surface area contributed by atoms with E-state index in [4.69, 9.17) is 4.52 Å². The molecule has 0 saturated carbocycles. The summed E-state index contributed by atoms with van der Waals surface area (Å²) in [7, 11) is 0. The molecule has 1 aliphatic heterocycles. The van der Waals surface area contributed by atoms with E-state index in [2.05, 4.69) is 5.16 Å². The molecule has 1 aliphatic rings. The second-order valence-corrected chi connectivity index (χ2v) is 4.79. The lowest BCUT2D eigenvalue weighted by Crippen LogP contribution is -2.44. The van der Waals surface area contributed by atoms with Crippen molar-refractivity contribution in [3.63, 3.8) is 0 Å². The Bertz CT molecular complexity index is 529. The largest absolute Gasteiger partial charge is 0.361 e. The second-order valence-electron chi connectivity index (χ2n) is 4.79. The molecule has 0 radical (unpaired) electrons. The van der Waals surface area contributed by atoms with E-state index in [-0.39, 0.29) is 17.5 Å². The number of rotatable bonds is 2. The Morgan fingerprint density at radius 3 is 2.58 bits per heavy atom. The van der Waals surface area contributed by atoms with Crippen molar-refractivity contribution >= 4 is 11.8 Å². The van der Waals surface area contributed by atoms with Crippen LogP contribution in [0.4, 0.5) is 0 Å². The van der Waals surface area contributed by atoms with Crippen molar-refractivity contribution < 1.29 is 14.1 Å².